The highest BCUT2D eigenvalue weighted by molar-refractivity contribution is 6.31. The van der Waals surface area contributed by atoms with Crippen molar-refractivity contribution in [2.24, 2.45) is 0 Å². The van der Waals surface area contributed by atoms with Gasteiger partial charge >= 0.3 is 0 Å². The fourth-order valence-electron chi connectivity index (χ4n) is 2.81. The van der Waals surface area contributed by atoms with Crippen molar-refractivity contribution in [3.8, 4) is 0 Å². The molecule has 3 rings (SSSR count). The number of hydrogen-bond acceptors (Lipinski definition) is 2. The van der Waals surface area contributed by atoms with E-state index in [1.807, 2.05) is 19.1 Å². The maximum Gasteiger partial charge on any atom is 0.120 e. The van der Waals surface area contributed by atoms with E-state index in [9.17, 15) is 10.2 Å². The fourth-order valence-corrected chi connectivity index (χ4v) is 3.00. The number of nitrogens with zero attached hydrogens (tertiary/aromatic N) is 1. The molecule has 0 atom stereocenters. The summed E-state index contributed by atoms with van der Waals surface area (Å²) in [4.78, 5) is 0. The van der Waals surface area contributed by atoms with Gasteiger partial charge in [-0.3, -0.25) is 0 Å². The van der Waals surface area contributed by atoms with E-state index in [4.69, 9.17) is 11.6 Å². The highest BCUT2D eigenvalue weighted by Crippen LogP contribution is 2.28. The maximum absolute atomic E-state index is 9.53. The monoisotopic (exact) mass is 263 g/mol. The predicted molar refractivity (Wildman–Crippen MR) is 71.1 cm³/mol. The summed E-state index contributed by atoms with van der Waals surface area (Å²) in [5, 5.41) is 21.8. The van der Waals surface area contributed by atoms with Crippen molar-refractivity contribution < 1.29 is 10.2 Å². The second-order valence-electron chi connectivity index (χ2n) is 4.58. The molecule has 0 saturated heterocycles. The SMILES string of the molecule is Cc1c(CO)n(CO)c2c1=CC1=CC(Cl)=CCC=21. The van der Waals surface area contributed by atoms with Gasteiger partial charge in [-0.2, -0.15) is 0 Å². The normalized spacial score (nSPS) is 17.0. The number of fused-ring (bicyclic) bond motifs is 2. The standard InChI is InChI=1S/C14H14ClNO2/c1-8-12-5-9-4-10(15)2-3-11(9)14(12)16(7-18)13(8)6-17/h2,4-5,17-18H,3,6-7H2,1H3. The van der Waals surface area contributed by atoms with Crippen LogP contribution in [0.1, 0.15) is 17.7 Å². The minimum absolute atomic E-state index is 0.0594. The summed E-state index contributed by atoms with van der Waals surface area (Å²) in [5.74, 6) is 0. The number of halogens is 1. The summed E-state index contributed by atoms with van der Waals surface area (Å²) in [6, 6.07) is 0. The second kappa shape index (κ2) is 4.12. The third-order valence-corrected chi connectivity index (χ3v) is 3.97. The zero-order valence-electron chi connectivity index (χ0n) is 10.1. The van der Waals surface area contributed by atoms with E-state index in [2.05, 4.69) is 6.08 Å². The first-order valence-corrected chi connectivity index (χ1v) is 6.27. The van der Waals surface area contributed by atoms with Gasteiger partial charge in [-0.05, 0) is 42.2 Å². The molecule has 1 aromatic rings. The molecule has 0 bridgehead atoms. The van der Waals surface area contributed by atoms with Crippen LogP contribution in [0.2, 0.25) is 0 Å². The molecule has 18 heavy (non-hydrogen) atoms. The van der Waals surface area contributed by atoms with E-state index >= 15 is 0 Å². The van der Waals surface area contributed by atoms with Crippen molar-refractivity contribution in [2.45, 2.75) is 26.7 Å². The zero-order valence-corrected chi connectivity index (χ0v) is 10.8. The van der Waals surface area contributed by atoms with Crippen LogP contribution >= 0.6 is 11.6 Å². The Hall–Kier alpha value is -1.29. The Morgan fingerprint density at radius 1 is 1.33 bits per heavy atom. The van der Waals surface area contributed by atoms with Gasteiger partial charge in [-0.15, -0.1) is 0 Å². The molecule has 2 aliphatic rings. The lowest BCUT2D eigenvalue weighted by Crippen LogP contribution is -2.29. The largest absolute Gasteiger partial charge is 0.390 e. The Bertz CT molecular complexity index is 707. The summed E-state index contributed by atoms with van der Waals surface area (Å²) in [7, 11) is 0. The number of rotatable bonds is 2. The molecule has 0 unspecified atom stereocenters. The second-order valence-corrected chi connectivity index (χ2v) is 5.01. The molecule has 0 spiro atoms. The average Bonchev–Trinajstić information content (AvgIpc) is 2.84. The Morgan fingerprint density at radius 2 is 2.11 bits per heavy atom. The topological polar surface area (TPSA) is 45.4 Å². The van der Waals surface area contributed by atoms with E-state index in [0.29, 0.717) is 0 Å². The van der Waals surface area contributed by atoms with Crippen molar-refractivity contribution in [3.05, 3.63) is 44.6 Å². The summed E-state index contributed by atoms with van der Waals surface area (Å²) in [5.41, 5.74) is 4.10. The first-order valence-electron chi connectivity index (χ1n) is 5.89. The van der Waals surface area contributed by atoms with E-state index in [1.165, 1.54) is 5.57 Å². The highest BCUT2D eigenvalue weighted by Gasteiger charge is 2.21. The predicted octanol–water partition coefficient (Wildman–Crippen LogP) is 0.636. The maximum atomic E-state index is 9.53. The first-order chi connectivity index (χ1) is 8.67. The molecule has 3 nitrogen and oxygen atoms in total. The molecule has 0 amide bonds. The number of aromatic nitrogens is 1. The van der Waals surface area contributed by atoms with Gasteiger partial charge in [-0.1, -0.05) is 17.7 Å². The molecule has 0 aromatic carbocycles. The van der Waals surface area contributed by atoms with Crippen LogP contribution in [0.3, 0.4) is 0 Å². The van der Waals surface area contributed by atoms with Gasteiger partial charge in [0.25, 0.3) is 0 Å². The van der Waals surface area contributed by atoms with Crippen LogP contribution < -0.4 is 10.6 Å². The zero-order chi connectivity index (χ0) is 12.9. The molecule has 1 aromatic heterocycles. The molecule has 0 aliphatic heterocycles. The first kappa shape index (κ1) is 11.8. The molecule has 0 radical (unpaired) electrons. The number of aliphatic hydroxyl groups excluding tert-OH is 2. The van der Waals surface area contributed by atoms with E-state index in [-0.39, 0.29) is 13.3 Å². The van der Waals surface area contributed by atoms with Crippen LogP contribution in [0, 0.1) is 6.92 Å². The number of allylic oxidation sites excluding steroid dienone is 4. The van der Waals surface area contributed by atoms with Gasteiger partial charge in [-0.25, -0.2) is 0 Å². The third-order valence-electron chi connectivity index (χ3n) is 3.71. The minimum Gasteiger partial charge on any atom is -0.390 e. The lowest BCUT2D eigenvalue weighted by atomic mass is 10.0. The van der Waals surface area contributed by atoms with Crippen LogP contribution in [-0.2, 0) is 13.3 Å². The Kier molecular flexibility index (Phi) is 2.70. The van der Waals surface area contributed by atoms with Crippen molar-refractivity contribution in [1.29, 1.82) is 0 Å². The minimum atomic E-state index is -0.117. The van der Waals surface area contributed by atoms with Crippen LogP contribution in [0.5, 0.6) is 0 Å². The van der Waals surface area contributed by atoms with Crippen LogP contribution in [0.25, 0.3) is 11.6 Å². The molecular formula is C14H14ClNO2. The molecule has 2 N–H and O–H groups in total. The van der Waals surface area contributed by atoms with Gasteiger partial charge in [0.1, 0.15) is 6.73 Å². The van der Waals surface area contributed by atoms with E-state index in [1.54, 1.807) is 4.57 Å². The number of aliphatic hydroxyl groups is 2. The summed E-state index contributed by atoms with van der Waals surface area (Å²) < 4.78 is 1.78. The van der Waals surface area contributed by atoms with Gasteiger partial charge in [0.05, 0.1) is 12.0 Å². The van der Waals surface area contributed by atoms with Gasteiger partial charge in [0.2, 0.25) is 0 Å². The van der Waals surface area contributed by atoms with E-state index in [0.717, 1.165) is 38.9 Å². The summed E-state index contributed by atoms with van der Waals surface area (Å²) in [6.45, 7) is 1.80. The molecular weight excluding hydrogens is 250 g/mol. The Balaban J connectivity index is 2.39. The van der Waals surface area contributed by atoms with Crippen molar-refractivity contribution >= 4 is 23.3 Å². The van der Waals surface area contributed by atoms with Gasteiger partial charge < -0.3 is 14.8 Å². The quantitative estimate of drug-likeness (QED) is 0.822. The lowest BCUT2D eigenvalue weighted by Gasteiger charge is -2.11. The van der Waals surface area contributed by atoms with Crippen molar-refractivity contribution in [1.82, 2.24) is 4.57 Å². The fraction of sp³-hybridized carbons (Fsp3) is 0.286. The summed E-state index contributed by atoms with van der Waals surface area (Å²) >= 11 is 6.02. The number of hydrogen-bond donors (Lipinski definition) is 2. The smallest absolute Gasteiger partial charge is 0.120 e. The highest BCUT2D eigenvalue weighted by atomic mass is 35.5. The molecule has 94 valence electrons. The van der Waals surface area contributed by atoms with Crippen LogP contribution in [0.15, 0.2) is 22.8 Å². The van der Waals surface area contributed by atoms with E-state index < -0.39 is 0 Å². The van der Waals surface area contributed by atoms with Gasteiger partial charge in [0.15, 0.2) is 0 Å². The molecule has 1 heterocycles. The molecule has 0 saturated carbocycles. The Morgan fingerprint density at radius 3 is 2.78 bits per heavy atom. The molecule has 2 aliphatic carbocycles. The van der Waals surface area contributed by atoms with Crippen molar-refractivity contribution in [2.75, 3.05) is 0 Å². The van der Waals surface area contributed by atoms with Crippen molar-refractivity contribution in [3.63, 3.8) is 0 Å². The third kappa shape index (κ3) is 1.45. The summed E-state index contributed by atoms with van der Waals surface area (Å²) in [6.07, 6.45) is 6.76. The lowest BCUT2D eigenvalue weighted by molar-refractivity contribution is 0.189. The van der Waals surface area contributed by atoms with Gasteiger partial charge in [0, 0.05) is 15.9 Å². The van der Waals surface area contributed by atoms with Crippen LogP contribution in [-0.4, -0.2) is 14.8 Å². The average molecular weight is 264 g/mol. The Labute approximate surface area is 110 Å². The molecule has 0 fully saturated rings. The van der Waals surface area contributed by atoms with Crippen LogP contribution in [0.4, 0.5) is 0 Å². The molecule has 4 heteroatoms.